The summed E-state index contributed by atoms with van der Waals surface area (Å²) in [5.41, 5.74) is 0. The molecule has 0 heterocycles. The van der Waals surface area contributed by atoms with E-state index >= 15 is 0 Å². The Kier molecular flexibility index (Phi) is 24.8. The second-order valence-corrected chi connectivity index (χ2v) is 2.57. The topological polar surface area (TPSA) is 74.6 Å². The van der Waals surface area contributed by atoms with Crippen LogP contribution in [0.4, 0.5) is 0 Å². The van der Waals surface area contributed by atoms with Gasteiger partial charge in [0.2, 0.25) is 0 Å². The van der Waals surface area contributed by atoms with Crippen molar-refractivity contribution in [2.45, 2.75) is 26.7 Å². The minimum Gasteiger partial charge on any atom is -0.481 e. The van der Waals surface area contributed by atoms with Gasteiger partial charge >= 0.3 is 5.97 Å². The van der Waals surface area contributed by atoms with Gasteiger partial charge in [0, 0.05) is 13.3 Å². The number of carboxylic acid groups (broad SMARTS) is 2. The third-order valence-electron chi connectivity index (χ3n) is 0.464. The molecule has 0 aliphatic carbocycles. The summed E-state index contributed by atoms with van der Waals surface area (Å²) in [6.45, 7) is 2.92. The van der Waals surface area contributed by atoms with Crippen molar-refractivity contribution < 1.29 is 19.8 Å². The maximum absolute atomic E-state index is 9.60. The summed E-state index contributed by atoms with van der Waals surface area (Å²) in [6, 6.07) is 0. The lowest BCUT2D eigenvalue weighted by Gasteiger charge is -1.79. The number of carbonyl (C=O) groups is 2. The van der Waals surface area contributed by atoms with E-state index in [4.69, 9.17) is 38.2 Å². The molecule has 0 aromatic carbocycles. The average Bonchev–Trinajstić information content (AvgIpc) is 1.86. The molecule has 0 bridgehead atoms. The number of alkyl halides is 2. The molecular formula is C7H14Cl2O4. The molecule has 0 radical (unpaired) electrons. The van der Waals surface area contributed by atoms with Crippen LogP contribution in [0.1, 0.15) is 26.7 Å². The molecule has 0 spiro atoms. The Morgan fingerprint density at radius 3 is 1.46 bits per heavy atom. The number of carboxylic acids is 2. The van der Waals surface area contributed by atoms with Gasteiger partial charge in [-0.05, 0) is 6.42 Å². The van der Waals surface area contributed by atoms with Gasteiger partial charge in [0.15, 0.2) is 0 Å². The van der Waals surface area contributed by atoms with Crippen molar-refractivity contribution in [3.8, 4) is 0 Å². The van der Waals surface area contributed by atoms with E-state index in [1.807, 2.05) is 6.92 Å². The molecule has 0 rings (SSSR count). The first-order valence-corrected chi connectivity index (χ1v) is 4.52. The van der Waals surface area contributed by atoms with Gasteiger partial charge in [-0.2, -0.15) is 0 Å². The zero-order valence-electron chi connectivity index (χ0n) is 7.59. The second-order valence-electron chi connectivity index (χ2n) is 1.76. The molecule has 0 aliphatic rings. The number of aliphatic carboxylic acids is 2. The lowest BCUT2D eigenvalue weighted by molar-refractivity contribution is -0.137. The summed E-state index contributed by atoms with van der Waals surface area (Å²) >= 11 is 9.53. The van der Waals surface area contributed by atoms with Gasteiger partial charge in [-0.3, -0.25) is 9.59 Å². The van der Waals surface area contributed by atoms with Crippen molar-refractivity contribution in [1.82, 2.24) is 0 Å². The van der Waals surface area contributed by atoms with Gasteiger partial charge in [-0.25, -0.2) is 0 Å². The van der Waals surface area contributed by atoms with Gasteiger partial charge in [-0.15, -0.1) is 23.2 Å². The van der Waals surface area contributed by atoms with Gasteiger partial charge in [0.05, 0.1) is 5.34 Å². The number of rotatable bonds is 2. The van der Waals surface area contributed by atoms with Crippen LogP contribution < -0.4 is 0 Å². The quantitative estimate of drug-likeness (QED) is 0.718. The van der Waals surface area contributed by atoms with Crippen LogP contribution in [0.5, 0.6) is 0 Å². The molecule has 0 amide bonds. The summed E-state index contributed by atoms with van der Waals surface area (Å²) in [5.74, 6) is -1.54. The van der Waals surface area contributed by atoms with E-state index in [0.717, 1.165) is 13.3 Å². The van der Waals surface area contributed by atoms with E-state index in [1.54, 1.807) is 0 Å². The fourth-order valence-corrected chi connectivity index (χ4v) is 0.214. The first-order valence-electron chi connectivity index (χ1n) is 3.45. The van der Waals surface area contributed by atoms with Gasteiger partial charge in [-0.1, -0.05) is 6.92 Å². The highest BCUT2D eigenvalue weighted by molar-refractivity contribution is 6.40. The molecule has 0 unspecified atom stereocenters. The van der Waals surface area contributed by atoms with E-state index in [9.17, 15) is 4.79 Å². The molecular weight excluding hydrogens is 219 g/mol. The molecule has 0 atom stereocenters. The fraction of sp³-hybridized carbons (Fsp3) is 0.714. The molecule has 0 aliphatic heterocycles. The highest BCUT2D eigenvalue weighted by Gasteiger charge is 1.87. The number of hydrogen-bond donors (Lipinski definition) is 2. The van der Waals surface area contributed by atoms with Gasteiger partial charge in [0.1, 0.15) is 0 Å². The smallest absolute Gasteiger partial charge is 0.303 e. The molecule has 0 aromatic rings. The molecule has 2 N–H and O–H groups in total. The lowest BCUT2D eigenvalue weighted by atomic mass is 10.4. The van der Waals surface area contributed by atoms with E-state index < -0.39 is 11.9 Å². The van der Waals surface area contributed by atoms with Crippen molar-refractivity contribution in [3.05, 3.63) is 0 Å². The van der Waals surface area contributed by atoms with Crippen LogP contribution in [0.2, 0.25) is 0 Å². The molecule has 0 saturated carbocycles. The van der Waals surface area contributed by atoms with Crippen molar-refractivity contribution >= 4 is 35.1 Å². The molecule has 13 heavy (non-hydrogen) atoms. The third-order valence-corrected chi connectivity index (χ3v) is 0.464. The van der Waals surface area contributed by atoms with E-state index in [1.165, 1.54) is 0 Å². The Morgan fingerprint density at radius 2 is 1.46 bits per heavy atom. The molecule has 0 saturated heterocycles. The van der Waals surface area contributed by atoms with Crippen molar-refractivity contribution in [1.29, 1.82) is 0 Å². The summed E-state index contributed by atoms with van der Waals surface area (Å²) < 4.78 is 0. The molecule has 4 nitrogen and oxygen atoms in total. The van der Waals surface area contributed by atoms with Crippen molar-refractivity contribution in [2.24, 2.45) is 0 Å². The highest BCUT2D eigenvalue weighted by atomic mass is 35.5. The average molecular weight is 233 g/mol. The third kappa shape index (κ3) is 164. The summed E-state index contributed by atoms with van der Waals surface area (Å²) in [5, 5.41) is 15.5. The normalized spacial score (nSPS) is 7.08. The first-order chi connectivity index (χ1) is 5.92. The molecule has 6 heteroatoms. The van der Waals surface area contributed by atoms with Crippen molar-refractivity contribution in [2.75, 3.05) is 5.34 Å². The SMILES string of the molecule is CC(=O)O.CCCC(=O)O.ClCCl. The maximum Gasteiger partial charge on any atom is 0.303 e. The standard InChI is InChI=1S/C4H8O2.C2H4O2.CH2Cl2/c1-2-3-4(5)6;1-2(3)4;2-1-3/h2-3H2,1H3,(H,5,6);1H3,(H,3,4);1H2. The van der Waals surface area contributed by atoms with E-state index in [2.05, 4.69) is 0 Å². The van der Waals surface area contributed by atoms with Crippen LogP contribution in [0.3, 0.4) is 0 Å². The summed E-state index contributed by atoms with van der Waals surface area (Å²) in [7, 11) is 0. The highest BCUT2D eigenvalue weighted by Crippen LogP contribution is 1.82. The molecule has 80 valence electrons. The Labute approximate surface area is 87.5 Å². The zero-order valence-corrected chi connectivity index (χ0v) is 9.10. The van der Waals surface area contributed by atoms with Crippen LogP contribution in [-0.2, 0) is 9.59 Å². The minimum atomic E-state index is -0.833. The Balaban J connectivity index is -0.000000125. The molecule has 0 aromatic heterocycles. The number of hydrogen-bond acceptors (Lipinski definition) is 2. The Bertz CT molecular complexity index is 124. The monoisotopic (exact) mass is 232 g/mol. The first kappa shape index (κ1) is 18.3. The Hall–Kier alpha value is -0.480. The van der Waals surface area contributed by atoms with Gasteiger partial charge in [0.25, 0.3) is 5.97 Å². The Morgan fingerprint density at radius 1 is 1.23 bits per heavy atom. The van der Waals surface area contributed by atoms with Crippen LogP contribution in [0.25, 0.3) is 0 Å². The zero-order chi connectivity index (χ0) is 11.3. The maximum atomic E-state index is 9.60. The predicted molar refractivity (Wildman–Crippen MR) is 52.4 cm³/mol. The summed E-state index contributed by atoms with van der Waals surface area (Å²) in [4.78, 5) is 18.6. The molecule has 0 fully saturated rings. The van der Waals surface area contributed by atoms with E-state index in [0.29, 0.717) is 6.42 Å². The van der Waals surface area contributed by atoms with Crippen LogP contribution >= 0.6 is 23.2 Å². The van der Waals surface area contributed by atoms with Crippen LogP contribution in [-0.4, -0.2) is 27.5 Å². The number of halogens is 2. The minimum absolute atomic E-state index is 0.194. The summed E-state index contributed by atoms with van der Waals surface area (Å²) in [6.07, 6.45) is 1.02. The van der Waals surface area contributed by atoms with Crippen molar-refractivity contribution in [3.63, 3.8) is 0 Å². The van der Waals surface area contributed by atoms with Gasteiger partial charge < -0.3 is 10.2 Å². The van der Waals surface area contributed by atoms with Crippen LogP contribution in [0, 0.1) is 0 Å². The fourth-order valence-electron chi connectivity index (χ4n) is 0.214. The second kappa shape index (κ2) is 17.6. The van der Waals surface area contributed by atoms with Crippen LogP contribution in [0.15, 0.2) is 0 Å². The lowest BCUT2D eigenvalue weighted by Crippen LogP contribution is -1.90. The predicted octanol–water partition coefficient (Wildman–Crippen LogP) is 2.38. The van der Waals surface area contributed by atoms with E-state index in [-0.39, 0.29) is 5.34 Å². The largest absolute Gasteiger partial charge is 0.481 e.